The minimum Gasteiger partial charge on any atom is -0.481 e. The molecule has 128 valence electrons. The minimum atomic E-state index is -0.929. The number of halogens is 1. The predicted octanol–water partition coefficient (Wildman–Crippen LogP) is 3.79. The molecule has 6 nitrogen and oxygen atoms in total. The van der Waals surface area contributed by atoms with Crippen LogP contribution >= 0.6 is 0 Å². The Bertz CT molecular complexity index is 517. The quantitative estimate of drug-likeness (QED) is 0.211. The van der Waals surface area contributed by atoms with E-state index in [9.17, 15) is 14.0 Å². The molecule has 0 amide bonds. The second kappa shape index (κ2) is 10.6. The Morgan fingerprint density at radius 3 is 2.13 bits per heavy atom. The Labute approximate surface area is 133 Å². The molecule has 0 saturated carbocycles. The van der Waals surface area contributed by atoms with Gasteiger partial charge in [0.25, 0.3) is 0 Å². The highest BCUT2D eigenvalue weighted by molar-refractivity contribution is 5.72. The number of carbonyl (C=O) groups excluding carboxylic acids is 1. The van der Waals surface area contributed by atoms with Gasteiger partial charge in [-0.3, -0.25) is 9.59 Å². The molecule has 0 radical (unpaired) electrons. The lowest BCUT2D eigenvalue weighted by Crippen LogP contribution is -2.09. The third kappa shape index (κ3) is 7.60. The summed E-state index contributed by atoms with van der Waals surface area (Å²) in [6.07, 6.45) is 5.16. The number of carboxylic acids is 1. The second-order valence-corrected chi connectivity index (χ2v) is 5.15. The molecule has 0 unspecified atom stereocenters. The van der Waals surface area contributed by atoms with Crippen LogP contribution in [0.15, 0.2) is 18.2 Å². The van der Waals surface area contributed by atoms with Crippen LogP contribution in [0, 0.1) is 5.82 Å². The van der Waals surface area contributed by atoms with Gasteiger partial charge >= 0.3 is 11.9 Å². The van der Waals surface area contributed by atoms with Crippen molar-refractivity contribution in [3.05, 3.63) is 24.0 Å². The van der Waals surface area contributed by atoms with Gasteiger partial charge in [0.2, 0.25) is 11.6 Å². The molecule has 0 saturated heterocycles. The van der Waals surface area contributed by atoms with Gasteiger partial charge in [0, 0.05) is 12.8 Å². The van der Waals surface area contributed by atoms with E-state index in [2.05, 4.69) is 4.89 Å². The van der Waals surface area contributed by atoms with Crippen molar-refractivity contribution < 1.29 is 34.0 Å². The van der Waals surface area contributed by atoms with Gasteiger partial charge in [-0.2, -0.15) is 4.39 Å². The number of carboxylic acid groups (broad SMARTS) is 1. The Balaban J connectivity index is 2.17. The molecule has 0 atom stereocenters. The van der Waals surface area contributed by atoms with Crippen LogP contribution < -0.4 is 9.62 Å². The first kappa shape index (κ1) is 18.9. The van der Waals surface area contributed by atoms with E-state index in [1.54, 1.807) is 0 Å². The minimum absolute atomic E-state index is 0.165. The molecular formula is C16H21FO6. The van der Waals surface area contributed by atoms with E-state index < -0.39 is 23.5 Å². The Morgan fingerprint density at radius 2 is 1.52 bits per heavy atom. The van der Waals surface area contributed by atoms with E-state index in [4.69, 9.17) is 15.1 Å². The molecule has 23 heavy (non-hydrogen) atoms. The number of esters is 1. The maximum atomic E-state index is 13.6. The van der Waals surface area contributed by atoms with Crippen LogP contribution in [0.25, 0.3) is 0 Å². The smallest absolute Gasteiger partial charge is 0.311 e. The molecule has 0 aliphatic carbocycles. The normalized spacial score (nSPS) is 10.3. The molecular weight excluding hydrogens is 307 g/mol. The van der Waals surface area contributed by atoms with Gasteiger partial charge in [-0.25, -0.2) is 5.26 Å². The lowest BCUT2D eigenvalue weighted by Gasteiger charge is -2.07. The standard InChI is InChI=1S/C16H21FO6/c17-16-12(8-7-9-13(16)23-21)22-15(20)11-6-4-2-1-3-5-10-14(18)19/h7-9,21H,1-6,10-11H2,(H,18,19). The average molecular weight is 328 g/mol. The van der Waals surface area contributed by atoms with Gasteiger partial charge in [-0.1, -0.05) is 31.7 Å². The van der Waals surface area contributed by atoms with E-state index >= 15 is 0 Å². The van der Waals surface area contributed by atoms with Crippen LogP contribution in [0.2, 0.25) is 0 Å². The van der Waals surface area contributed by atoms with Crippen molar-refractivity contribution >= 4 is 11.9 Å². The summed E-state index contributed by atoms with van der Waals surface area (Å²) in [5, 5.41) is 16.9. The molecule has 1 aromatic carbocycles. The number of carbonyl (C=O) groups is 2. The number of aliphatic carboxylic acids is 1. The summed E-state index contributed by atoms with van der Waals surface area (Å²) >= 11 is 0. The monoisotopic (exact) mass is 328 g/mol. The van der Waals surface area contributed by atoms with Gasteiger partial charge in [0.15, 0.2) is 5.75 Å². The third-order valence-corrected chi connectivity index (χ3v) is 3.27. The zero-order valence-electron chi connectivity index (χ0n) is 12.8. The van der Waals surface area contributed by atoms with Gasteiger partial charge < -0.3 is 14.7 Å². The van der Waals surface area contributed by atoms with Crippen LogP contribution in [0.5, 0.6) is 11.5 Å². The zero-order chi connectivity index (χ0) is 17.1. The Kier molecular flexibility index (Phi) is 8.67. The molecule has 0 aromatic heterocycles. The molecule has 2 N–H and O–H groups in total. The number of hydrogen-bond acceptors (Lipinski definition) is 5. The Hall–Kier alpha value is -2.15. The van der Waals surface area contributed by atoms with Crippen LogP contribution in [-0.4, -0.2) is 22.3 Å². The molecule has 0 aliphatic heterocycles. The van der Waals surface area contributed by atoms with Crippen LogP contribution in [0.1, 0.15) is 51.4 Å². The van der Waals surface area contributed by atoms with Crippen molar-refractivity contribution in [1.82, 2.24) is 0 Å². The van der Waals surface area contributed by atoms with Crippen LogP contribution in [0.3, 0.4) is 0 Å². The highest BCUT2D eigenvalue weighted by Crippen LogP contribution is 2.26. The number of ether oxygens (including phenoxy) is 1. The summed E-state index contributed by atoms with van der Waals surface area (Å²) in [5.74, 6) is -2.95. The van der Waals surface area contributed by atoms with Crippen molar-refractivity contribution in [2.45, 2.75) is 51.4 Å². The fourth-order valence-electron chi connectivity index (χ4n) is 2.07. The lowest BCUT2D eigenvalue weighted by atomic mass is 10.1. The summed E-state index contributed by atoms with van der Waals surface area (Å²) in [7, 11) is 0. The first-order valence-corrected chi connectivity index (χ1v) is 7.57. The van der Waals surface area contributed by atoms with E-state index in [-0.39, 0.29) is 18.6 Å². The first-order chi connectivity index (χ1) is 11.0. The zero-order valence-corrected chi connectivity index (χ0v) is 12.8. The molecule has 0 aliphatic rings. The molecule has 0 spiro atoms. The largest absolute Gasteiger partial charge is 0.481 e. The summed E-state index contributed by atoms with van der Waals surface area (Å²) in [6.45, 7) is 0. The molecule has 7 heteroatoms. The first-order valence-electron chi connectivity index (χ1n) is 7.57. The van der Waals surface area contributed by atoms with E-state index in [0.29, 0.717) is 12.8 Å². The van der Waals surface area contributed by atoms with Crippen LogP contribution in [0.4, 0.5) is 4.39 Å². The molecule has 1 aromatic rings. The number of hydrogen-bond donors (Lipinski definition) is 2. The summed E-state index contributed by atoms with van der Waals surface area (Å²) in [6, 6.07) is 3.88. The number of rotatable bonds is 11. The SMILES string of the molecule is O=C(O)CCCCCCCCC(=O)Oc1cccc(OO)c1F. The van der Waals surface area contributed by atoms with Crippen molar-refractivity contribution in [2.24, 2.45) is 0 Å². The predicted molar refractivity (Wildman–Crippen MR) is 79.9 cm³/mol. The van der Waals surface area contributed by atoms with E-state index in [1.807, 2.05) is 0 Å². The maximum Gasteiger partial charge on any atom is 0.311 e. The summed E-state index contributed by atoms with van der Waals surface area (Å²) in [5.41, 5.74) is 0. The maximum absolute atomic E-state index is 13.6. The molecule has 0 bridgehead atoms. The van der Waals surface area contributed by atoms with Crippen molar-refractivity contribution in [1.29, 1.82) is 0 Å². The fourth-order valence-corrected chi connectivity index (χ4v) is 2.07. The van der Waals surface area contributed by atoms with Gasteiger partial charge in [0.1, 0.15) is 0 Å². The van der Waals surface area contributed by atoms with E-state index in [1.165, 1.54) is 18.2 Å². The molecule has 1 rings (SSSR count). The number of unbranched alkanes of at least 4 members (excludes halogenated alkanes) is 5. The van der Waals surface area contributed by atoms with Gasteiger partial charge in [0.05, 0.1) is 0 Å². The third-order valence-electron chi connectivity index (χ3n) is 3.27. The summed E-state index contributed by atoms with van der Waals surface area (Å²) < 4.78 is 18.5. The van der Waals surface area contributed by atoms with Crippen molar-refractivity contribution in [3.63, 3.8) is 0 Å². The van der Waals surface area contributed by atoms with Gasteiger partial charge in [-0.05, 0) is 25.0 Å². The van der Waals surface area contributed by atoms with Crippen molar-refractivity contribution in [2.75, 3.05) is 0 Å². The van der Waals surface area contributed by atoms with E-state index in [0.717, 1.165) is 25.7 Å². The van der Waals surface area contributed by atoms with Crippen molar-refractivity contribution in [3.8, 4) is 11.5 Å². The highest BCUT2D eigenvalue weighted by Gasteiger charge is 2.14. The summed E-state index contributed by atoms with van der Waals surface area (Å²) in [4.78, 5) is 25.8. The average Bonchev–Trinajstić information content (AvgIpc) is 2.51. The topological polar surface area (TPSA) is 93.1 Å². The molecule has 0 heterocycles. The lowest BCUT2D eigenvalue weighted by molar-refractivity contribution is -0.141. The Morgan fingerprint density at radius 1 is 0.957 bits per heavy atom. The van der Waals surface area contributed by atoms with Crippen LogP contribution in [-0.2, 0) is 9.59 Å². The fraction of sp³-hybridized carbons (Fsp3) is 0.500. The molecule has 0 fully saturated rings. The second-order valence-electron chi connectivity index (χ2n) is 5.15. The highest BCUT2D eigenvalue weighted by atomic mass is 19.1. The van der Waals surface area contributed by atoms with Gasteiger partial charge in [-0.15, -0.1) is 0 Å². The number of benzene rings is 1.